The Balaban J connectivity index is 2.31. The molecule has 5 heteroatoms. The first-order valence-corrected chi connectivity index (χ1v) is 4.79. The molecule has 0 saturated heterocycles. The van der Waals surface area contributed by atoms with Gasteiger partial charge < -0.3 is 4.52 Å². The van der Waals surface area contributed by atoms with Gasteiger partial charge in [-0.3, -0.25) is 4.98 Å². The van der Waals surface area contributed by atoms with Gasteiger partial charge in [0.15, 0.2) is 5.82 Å². The topological polar surface area (TPSA) is 64.7 Å². The van der Waals surface area contributed by atoms with Crippen LogP contribution in [0.3, 0.4) is 0 Å². The largest absolute Gasteiger partial charge is 0.332 e. The van der Waals surface area contributed by atoms with E-state index in [1.807, 2.05) is 0 Å². The number of aryl methyl sites for hydroxylation is 1. The van der Waals surface area contributed by atoms with Crippen LogP contribution in [-0.4, -0.2) is 20.1 Å². The quantitative estimate of drug-likeness (QED) is 0.748. The minimum atomic E-state index is 0.371. The molecule has 0 amide bonds. The molecule has 0 N–H and O–H groups in total. The van der Waals surface area contributed by atoms with E-state index in [1.165, 1.54) is 0 Å². The van der Waals surface area contributed by atoms with Crippen LogP contribution in [0.4, 0.5) is 0 Å². The molecular weight excluding hydrogens is 192 g/mol. The highest BCUT2D eigenvalue weighted by Crippen LogP contribution is 2.15. The molecule has 0 saturated carbocycles. The van der Waals surface area contributed by atoms with Gasteiger partial charge in [0.2, 0.25) is 0 Å². The fourth-order valence-corrected chi connectivity index (χ4v) is 1.15. The zero-order chi connectivity index (χ0) is 10.8. The molecular formula is C10H12N4O. The number of hydrogen-bond donors (Lipinski definition) is 0. The summed E-state index contributed by atoms with van der Waals surface area (Å²) in [5.74, 6) is 1.38. The van der Waals surface area contributed by atoms with Crippen molar-refractivity contribution in [1.82, 2.24) is 20.1 Å². The summed E-state index contributed by atoms with van der Waals surface area (Å²) in [6.07, 6.45) is 3.39. The summed E-state index contributed by atoms with van der Waals surface area (Å²) < 4.78 is 4.99. The van der Waals surface area contributed by atoms with Crippen molar-refractivity contribution in [1.29, 1.82) is 0 Å². The van der Waals surface area contributed by atoms with Crippen molar-refractivity contribution >= 4 is 0 Å². The maximum Gasteiger partial charge on any atom is 0.278 e. The van der Waals surface area contributed by atoms with Gasteiger partial charge in [-0.15, -0.1) is 0 Å². The average Bonchev–Trinajstić information content (AvgIpc) is 2.65. The van der Waals surface area contributed by atoms with Gasteiger partial charge in [-0.05, 0) is 12.8 Å². The first-order valence-electron chi connectivity index (χ1n) is 4.79. The molecule has 2 rings (SSSR count). The van der Waals surface area contributed by atoms with Crippen LogP contribution in [0.1, 0.15) is 31.3 Å². The number of rotatable bonds is 2. The Morgan fingerprint density at radius 2 is 2.00 bits per heavy atom. The van der Waals surface area contributed by atoms with Crippen molar-refractivity contribution in [2.45, 2.75) is 26.7 Å². The van der Waals surface area contributed by atoms with Crippen LogP contribution < -0.4 is 0 Å². The predicted octanol–water partition coefficient (Wildman–Crippen LogP) is 1.96. The Hall–Kier alpha value is -1.78. The number of nitrogens with zero attached hydrogens (tertiary/aromatic N) is 4. The van der Waals surface area contributed by atoms with Crippen LogP contribution in [0.2, 0.25) is 0 Å². The molecule has 0 fully saturated rings. The molecule has 0 radical (unpaired) electrons. The second kappa shape index (κ2) is 3.76. The van der Waals surface area contributed by atoms with Crippen LogP contribution in [0, 0.1) is 6.92 Å². The molecule has 2 aromatic heterocycles. The zero-order valence-corrected chi connectivity index (χ0v) is 8.93. The number of aromatic nitrogens is 4. The Labute approximate surface area is 87.6 Å². The lowest BCUT2D eigenvalue weighted by atomic mass is 10.1. The first kappa shape index (κ1) is 9.76. The second-order valence-corrected chi connectivity index (χ2v) is 3.63. The van der Waals surface area contributed by atoms with Crippen molar-refractivity contribution in [3.63, 3.8) is 0 Å². The molecule has 78 valence electrons. The van der Waals surface area contributed by atoms with Gasteiger partial charge in [0.25, 0.3) is 5.89 Å². The monoisotopic (exact) mass is 204 g/mol. The van der Waals surface area contributed by atoms with Crippen LogP contribution in [0.5, 0.6) is 0 Å². The van der Waals surface area contributed by atoms with E-state index < -0.39 is 0 Å². The minimum Gasteiger partial charge on any atom is -0.332 e. The lowest BCUT2D eigenvalue weighted by Gasteiger charge is -2.02. The SMILES string of the molecule is Cc1noc(-c2cnc(C(C)C)cn2)n1. The van der Waals surface area contributed by atoms with Crippen molar-refractivity contribution in [2.75, 3.05) is 0 Å². The van der Waals surface area contributed by atoms with Gasteiger partial charge in [-0.1, -0.05) is 19.0 Å². The van der Waals surface area contributed by atoms with Gasteiger partial charge in [0.1, 0.15) is 5.69 Å². The Morgan fingerprint density at radius 1 is 1.20 bits per heavy atom. The van der Waals surface area contributed by atoms with E-state index in [0.29, 0.717) is 23.3 Å². The molecule has 0 aliphatic carbocycles. The lowest BCUT2D eigenvalue weighted by Crippen LogP contribution is -1.94. The van der Waals surface area contributed by atoms with Crippen LogP contribution in [-0.2, 0) is 0 Å². The van der Waals surface area contributed by atoms with Crippen LogP contribution in [0.25, 0.3) is 11.6 Å². The molecule has 5 nitrogen and oxygen atoms in total. The van der Waals surface area contributed by atoms with Crippen molar-refractivity contribution in [3.8, 4) is 11.6 Å². The van der Waals surface area contributed by atoms with E-state index >= 15 is 0 Å². The van der Waals surface area contributed by atoms with E-state index in [9.17, 15) is 0 Å². The fourth-order valence-electron chi connectivity index (χ4n) is 1.15. The standard InChI is InChI=1S/C10H12N4O/c1-6(2)8-4-12-9(5-11-8)10-13-7(3)14-15-10/h4-6H,1-3H3. The third kappa shape index (κ3) is 2.01. The summed E-state index contributed by atoms with van der Waals surface area (Å²) in [4.78, 5) is 12.6. The second-order valence-electron chi connectivity index (χ2n) is 3.63. The maximum atomic E-state index is 4.99. The summed E-state index contributed by atoms with van der Waals surface area (Å²) in [5, 5.41) is 3.70. The molecule has 15 heavy (non-hydrogen) atoms. The average molecular weight is 204 g/mol. The summed E-state index contributed by atoms with van der Waals surface area (Å²) in [7, 11) is 0. The van der Waals surface area contributed by atoms with Crippen molar-refractivity contribution in [3.05, 3.63) is 23.9 Å². The summed E-state index contributed by atoms with van der Waals surface area (Å²) in [5.41, 5.74) is 1.56. The van der Waals surface area contributed by atoms with E-state index in [1.54, 1.807) is 19.3 Å². The van der Waals surface area contributed by atoms with Gasteiger partial charge in [-0.25, -0.2) is 4.98 Å². The van der Waals surface area contributed by atoms with Gasteiger partial charge in [0, 0.05) is 6.20 Å². The predicted molar refractivity (Wildman–Crippen MR) is 54.2 cm³/mol. The third-order valence-corrected chi connectivity index (χ3v) is 2.01. The Morgan fingerprint density at radius 3 is 2.47 bits per heavy atom. The van der Waals surface area contributed by atoms with E-state index in [-0.39, 0.29) is 0 Å². The van der Waals surface area contributed by atoms with E-state index in [0.717, 1.165) is 5.69 Å². The molecule has 0 unspecified atom stereocenters. The third-order valence-electron chi connectivity index (χ3n) is 2.01. The van der Waals surface area contributed by atoms with Crippen molar-refractivity contribution < 1.29 is 4.52 Å². The van der Waals surface area contributed by atoms with E-state index in [2.05, 4.69) is 34.0 Å². The van der Waals surface area contributed by atoms with Crippen LogP contribution >= 0.6 is 0 Å². The van der Waals surface area contributed by atoms with Gasteiger partial charge >= 0.3 is 0 Å². The van der Waals surface area contributed by atoms with Crippen molar-refractivity contribution in [2.24, 2.45) is 0 Å². The molecule has 0 aliphatic heterocycles. The lowest BCUT2D eigenvalue weighted by molar-refractivity contribution is 0.424. The maximum absolute atomic E-state index is 4.99. The molecule has 0 aromatic carbocycles. The Kier molecular flexibility index (Phi) is 2.45. The smallest absolute Gasteiger partial charge is 0.278 e. The number of hydrogen-bond acceptors (Lipinski definition) is 5. The first-order chi connectivity index (χ1) is 7.16. The highest BCUT2D eigenvalue weighted by atomic mass is 16.5. The summed E-state index contributed by atoms with van der Waals surface area (Å²) in [6, 6.07) is 0. The zero-order valence-electron chi connectivity index (χ0n) is 8.93. The van der Waals surface area contributed by atoms with Gasteiger partial charge in [0.05, 0.1) is 11.9 Å². The molecule has 0 spiro atoms. The van der Waals surface area contributed by atoms with Gasteiger partial charge in [-0.2, -0.15) is 4.98 Å². The molecule has 0 atom stereocenters. The molecule has 0 bridgehead atoms. The van der Waals surface area contributed by atoms with Crippen LogP contribution in [0.15, 0.2) is 16.9 Å². The molecule has 2 heterocycles. The highest BCUT2D eigenvalue weighted by Gasteiger charge is 2.09. The Bertz CT molecular complexity index is 447. The normalized spacial score (nSPS) is 10.9. The molecule has 2 aromatic rings. The minimum absolute atomic E-state index is 0.371. The molecule has 0 aliphatic rings. The highest BCUT2D eigenvalue weighted by molar-refractivity contribution is 5.43. The summed E-state index contributed by atoms with van der Waals surface area (Å²) >= 11 is 0. The van der Waals surface area contributed by atoms with E-state index in [4.69, 9.17) is 4.52 Å². The fraction of sp³-hybridized carbons (Fsp3) is 0.400. The summed E-state index contributed by atoms with van der Waals surface area (Å²) in [6.45, 7) is 5.91.